The van der Waals surface area contributed by atoms with Crippen LogP contribution in [0.4, 0.5) is 11.5 Å². The lowest BCUT2D eigenvalue weighted by molar-refractivity contribution is 0.171. The monoisotopic (exact) mass is 166 g/mol. The fraction of sp³-hybridized carbons (Fsp3) is 0.429. The highest BCUT2D eigenvalue weighted by Crippen LogP contribution is 2.30. The van der Waals surface area contributed by atoms with Crippen LogP contribution in [0.1, 0.15) is 0 Å². The molecule has 0 fully saturated rings. The van der Waals surface area contributed by atoms with E-state index in [9.17, 15) is 0 Å². The summed E-state index contributed by atoms with van der Waals surface area (Å²) in [7, 11) is 3.60. The van der Waals surface area contributed by atoms with Crippen molar-refractivity contribution in [3.63, 3.8) is 0 Å². The van der Waals surface area contributed by atoms with Crippen molar-refractivity contribution in [1.29, 1.82) is 0 Å². The molecule has 2 heterocycles. The van der Waals surface area contributed by atoms with Gasteiger partial charge in [0.25, 0.3) is 0 Å². The second kappa shape index (κ2) is 2.60. The van der Waals surface area contributed by atoms with E-state index in [0.717, 1.165) is 11.5 Å². The Labute approximate surface area is 70.5 Å². The minimum atomic E-state index is 0.699. The molecule has 5 nitrogen and oxygen atoms in total. The van der Waals surface area contributed by atoms with Gasteiger partial charge in [-0.25, -0.2) is 15.0 Å². The molecular weight excluding hydrogens is 156 g/mol. The number of hydroxylamine groups is 1. The molecule has 0 N–H and O–H groups in total. The summed E-state index contributed by atoms with van der Waals surface area (Å²) in [4.78, 5) is 15.2. The Hall–Kier alpha value is -1.36. The van der Waals surface area contributed by atoms with Crippen LogP contribution in [0.5, 0.6) is 0 Å². The summed E-state index contributed by atoms with van der Waals surface area (Å²) >= 11 is 0. The molecule has 2 rings (SSSR count). The molecule has 0 saturated heterocycles. The predicted molar refractivity (Wildman–Crippen MR) is 44.8 cm³/mol. The third kappa shape index (κ3) is 0.902. The molecule has 12 heavy (non-hydrogen) atoms. The third-order valence-corrected chi connectivity index (χ3v) is 1.88. The lowest BCUT2D eigenvalue weighted by atomic mass is 10.5. The number of aromatic nitrogens is 2. The van der Waals surface area contributed by atoms with Crippen LogP contribution in [0.3, 0.4) is 0 Å². The topological polar surface area (TPSA) is 41.5 Å². The molecule has 0 aliphatic carbocycles. The second-order valence-corrected chi connectivity index (χ2v) is 2.63. The van der Waals surface area contributed by atoms with Crippen LogP contribution in [-0.4, -0.2) is 30.8 Å². The summed E-state index contributed by atoms with van der Waals surface area (Å²) in [5, 5.41) is 1.72. The molecule has 64 valence electrons. The van der Waals surface area contributed by atoms with Crippen molar-refractivity contribution in [3.8, 4) is 0 Å². The van der Waals surface area contributed by atoms with E-state index in [-0.39, 0.29) is 0 Å². The Kier molecular flexibility index (Phi) is 1.58. The summed E-state index contributed by atoms with van der Waals surface area (Å²) in [5.74, 6) is 0.829. The maximum absolute atomic E-state index is 5.11. The highest BCUT2D eigenvalue weighted by Gasteiger charge is 2.24. The number of fused-ring (bicyclic) bond motifs is 1. The van der Waals surface area contributed by atoms with Crippen molar-refractivity contribution in [3.05, 3.63) is 12.5 Å². The van der Waals surface area contributed by atoms with Crippen LogP contribution < -0.4 is 9.96 Å². The summed E-state index contributed by atoms with van der Waals surface area (Å²) in [5.41, 5.74) is 0.999. The molecule has 0 unspecified atom stereocenters. The average Bonchev–Trinajstić information content (AvgIpc) is 2.44. The zero-order valence-electron chi connectivity index (χ0n) is 7.06. The Bertz CT molecular complexity index is 290. The number of hydrogen-bond acceptors (Lipinski definition) is 5. The quantitative estimate of drug-likeness (QED) is 0.598. The van der Waals surface area contributed by atoms with Crippen LogP contribution in [-0.2, 0) is 4.84 Å². The van der Waals surface area contributed by atoms with E-state index in [0.29, 0.717) is 6.67 Å². The Morgan fingerprint density at radius 3 is 3.17 bits per heavy atom. The lowest BCUT2D eigenvalue weighted by Crippen LogP contribution is -2.27. The smallest absolute Gasteiger partial charge is 0.181 e. The number of anilines is 2. The van der Waals surface area contributed by atoms with Crippen molar-refractivity contribution < 1.29 is 4.84 Å². The van der Waals surface area contributed by atoms with Gasteiger partial charge in [0.15, 0.2) is 5.82 Å². The molecule has 0 aromatic carbocycles. The Balaban J connectivity index is 2.43. The van der Waals surface area contributed by atoms with Gasteiger partial charge in [0.05, 0.1) is 13.3 Å². The van der Waals surface area contributed by atoms with Crippen LogP contribution >= 0.6 is 0 Å². The zero-order valence-corrected chi connectivity index (χ0v) is 7.06. The highest BCUT2D eigenvalue weighted by molar-refractivity contribution is 5.69. The van der Waals surface area contributed by atoms with E-state index in [1.54, 1.807) is 18.4 Å². The summed E-state index contributed by atoms with van der Waals surface area (Å²) in [6.07, 6.45) is 3.30. The largest absolute Gasteiger partial charge is 0.350 e. The first-order chi connectivity index (χ1) is 5.83. The lowest BCUT2D eigenvalue weighted by Gasteiger charge is -2.13. The average molecular weight is 166 g/mol. The van der Waals surface area contributed by atoms with Gasteiger partial charge in [-0.3, -0.25) is 4.84 Å². The van der Waals surface area contributed by atoms with Gasteiger partial charge < -0.3 is 4.90 Å². The van der Waals surface area contributed by atoms with Crippen molar-refractivity contribution in [2.45, 2.75) is 0 Å². The van der Waals surface area contributed by atoms with Crippen LogP contribution in [0, 0.1) is 0 Å². The molecule has 1 aliphatic heterocycles. The van der Waals surface area contributed by atoms with Gasteiger partial charge in [-0.05, 0) is 0 Å². The van der Waals surface area contributed by atoms with Crippen molar-refractivity contribution >= 4 is 11.5 Å². The standard InChI is InChI=1S/C7H10N4O/c1-10-5-11(12-2)7-6(10)3-8-4-9-7/h3-4H,5H2,1-2H3. The number of hydrogen-bond donors (Lipinski definition) is 0. The van der Waals surface area contributed by atoms with E-state index in [2.05, 4.69) is 9.97 Å². The number of rotatable bonds is 1. The first kappa shape index (κ1) is 7.30. The van der Waals surface area contributed by atoms with E-state index < -0.39 is 0 Å². The first-order valence-electron chi connectivity index (χ1n) is 3.65. The van der Waals surface area contributed by atoms with Gasteiger partial charge in [0, 0.05) is 7.05 Å². The third-order valence-electron chi connectivity index (χ3n) is 1.88. The minimum Gasteiger partial charge on any atom is -0.350 e. The fourth-order valence-corrected chi connectivity index (χ4v) is 1.26. The van der Waals surface area contributed by atoms with Gasteiger partial charge in [0.2, 0.25) is 0 Å². The molecule has 0 bridgehead atoms. The SMILES string of the molecule is CON1CN(C)c2cncnc21. The molecule has 1 aromatic rings. The maximum atomic E-state index is 5.11. The van der Waals surface area contributed by atoms with Gasteiger partial charge >= 0.3 is 0 Å². The van der Waals surface area contributed by atoms with E-state index in [1.165, 1.54) is 6.33 Å². The van der Waals surface area contributed by atoms with Gasteiger partial charge in [-0.1, -0.05) is 0 Å². The van der Waals surface area contributed by atoms with Crippen molar-refractivity contribution in [1.82, 2.24) is 9.97 Å². The summed E-state index contributed by atoms with van der Waals surface area (Å²) in [6, 6.07) is 0. The molecule has 1 aliphatic rings. The van der Waals surface area contributed by atoms with E-state index in [1.807, 2.05) is 11.9 Å². The molecule has 0 amide bonds. The second-order valence-electron chi connectivity index (χ2n) is 2.63. The van der Waals surface area contributed by atoms with Gasteiger partial charge in [-0.15, -0.1) is 0 Å². The predicted octanol–water partition coefficient (Wildman–Crippen LogP) is 0.252. The Morgan fingerprint density at radius 2 is 2.42 bits per heavy atom. The molecule has 0 atom stereocenters. The Morgan fingerprint density at radius 1 is 1.58 bits per heavy atom. The van der Waals surface area contributed by atoms with Crippen molar-refractivity contribution in [2.75, 3.05) is 30.8 Å². The van der Waals surface area contributed by atoms with Gasteiger partial charge in [-0.2, -0.15) is 0 Å². The normalized spacial score (nSPS) is 15.2. The van der Waals surface area contributed by atoms with Crippen LogP contribution in [0.15, 0.2) is 12.5 Å². The van der Waals surface area contributed by atoms with Crippen LogP contribution in [0.2, 0.25) is 0 Å². The zero-order chi connectivity index (χ0) is 8.55. The minimum absolute atomic E-state index is 0.699. The van der Waals surface area contributed by atoms with Crippen LogP contribution in [0.25, 0.3) is 0 Å². The maximum Gasteiger partial charge on any atom is 0.181 e. The molecule has 5 heteroatoms. The summed E-state index contributed by atoms with van der Waals surface area (Å²) in [6.45, 7) is 0.699. The first-order valence-corrected chi connectivity index (χ1v) is 3.65. The molecular formula is C7H10N4O. The highest BCUT2D eigenvalue weighted by atomic mass is 16.7. The number of nitrogens with zero attached hydrogens (tertiary/aromatic N) is 4. The van der Waals surface area contributed by atoms with Crippen molar-refractivity contribution in [2.24, 2.45) is 0 Å². The molecule has 0 radical (unpaired) electrons. The van der Waals surface area contributed by atoms with Gasteiger partial charge in [0.1, 0.15) is 18.7 Å². The molecule has 0 saturated carbocycles. The van der Waals surface area contributed by atoms with E-state index >= 15 is 0 Å². The fourth-order valence-electron chi connectivity index (χ4n) is 1.26. The summed E-state index contributed by atoms with van der Waals surface area (Å²) < 4.78 is 0. The molecule has 0 spiro atoms. The van der Waals surface area contributed by atoms with E-state index in [4.69, 9.17) is 4.84 Å². The molecule has 1 aromatic heterocycles.